The topological polar surface area (TPSA) is 52.0 Å². The fraction of sp³-hybridized carbons (Fsp3) is 0.412. The molecular formula is C17H18N4. The monoisotopic (exact) mass is 278 g/mol. The number of anilines is 1. The number of benzene rings is 1. The summed E-state index contributed by atoms with van der Waals surface area (Å²) in [6, 6.07) is 12.2. The van der Waals surface area contributed by atoms with Crippen LogP contribution < -0.4 is 10.2 Å². The van der Waals surface area contributed by atoms with Crippen molar-refractivity contribution in [2.75, 3.05) is 31.1 Å². The van der Waals surface area contributed by atoms with E-state index in [2.05, 4.69) is 16.3 Å². The van der Waals surface area contributed by atoms with Crippen molar-refractivity contribution in [2.45, 2.75) is 6.42 Å². The van der Waals surface area contributed by atoms with E-state index >= 15 is 0 Å². The molecule has 2 atom stereocenters. The van der Waals surface area contributed by atoms with Crippen molar-refractivity contribution in [3.05, 3.63) is 35.9 Å². The number of nitriles is 1. The van der Waals surface area contributed by atoms with Crippen molar-refractivity contribution in [1.82, 2.24) is 10.3 Å². The molecule has 2 aromatic rings. The number of fused-ring (bicyclic) bond motifs is 2. The van der Waals surface area contributed by atoms with E-state index in [1.807, 2.05) is 30.3 Å². The van der Waals surface area contributed by atoms with Crippen LogP contribution in [0.15, 0.2) is 30.3 Å². The van der Waals surface area contributed by atoms with Crippen LogP contribution in [0, 0.1) is 23.2 Å². The van der Waals surface area contributed by atoms with Crippen LogP contribution in [0.5, 0.6) is 0 Å². The zero-order valence-electron chi connectivity index (χ0n) is 11.9. The Bertz CT molecular complexity index is 718. The summed E-state index contributed by atoms with van der Waals surface area (Å²) in [5, 5.41) is 13.8. The number of aromatic nitrogens is 1. The van der Waals surface area contributed by atoms with Crippen LogP contribution in [0.3, 0.4) is 0 Å². The number of rotatable bonds is 1. The maximum atomic E-state index is 9.40. The smallest absolute Gasteiger partial charge is 0.130 e. The molecule has 0 bridgehead atoms. The lowest BCUT2D eigenvalue weighted by Crippen LogP contribution is -2.40. The summed E-state index contributed by atoms with van der Waals surface area (Å²) < 4.78 is 0. The summed E-state index contributed by atoms with van der Waals surface area (Å²) in [4.78, 5) is 7.12. The van der Waals surface area contributed by atoms with Gasteiger partial charge in [0.2, 0.25) is 0 Å². The molecule has 2 aliphatic heterocycles. The highest BCUT2D eigenvalue weighted by Crippen LogP contribution is 2.30. The number of para-hydroxylation sites is 1. The molecule has 0 amide bonds. The average molecular weight is 278 g/mol. The Morgan fingerprint density at radius 1 is 1.24 bits per heavy atom. The first-order chi connectivity index (χ1) is 10.3. The van der Waals surface area contributed by atoms with Gasteiger partial charge in [-0.1, -0.05) is 18.2 Å². The molecule has 1 aromatic heterocycles. The van der Waals surface area contributed by atoms with Crippen molar-refractivity contribution < 1.29 is 0 Å². The largest absolute Gasteiger partial charge is 0.356 e. The lowest BCUT2D eigenvalue weighted by Gasteiger charge is -2.35. The van der Waals surface area contributed by atoms with Crippen LogP contribution in [0.4, 0.5) is 5.82 Å². The molecule has 0 aliphatic carbocycles. The second kappa shape index (κ2) is 5.01. The molecule has 1 aromatic carbocycles. The molecule has 0 radical (unpaired) electrons. The third-order valence-electron chi connectivity index (χ3n) is 4.85. The van der Waals surface area contributed by atoms with Crippen LogP contribution in [0.2, 0.25) is 0 Å². The molecule has 4 heteroatoms. The lowest BCUT2D eigenvalue weighted by atomic mass is 9.88. The molecule has 4 rings (SSSR count). The van der Waals surface area contributed by atoms with Crippen molar-refractivity contribution in [1.29, 1.82) is 5.26 Å². The second-order valence-electron chi connectivity index (χ2n) is 6.07. The summed E-state index contributed by atoms with van der Waals surface area (Å²) in [6.45, 7) is 4.36. The highest BCUT2D eigenvalue weighted by atomic mass is 15.2. The van der Waals surface area contributed by atoms with E-state index in [1.54, 1.807) is 0 Å². The maximum Gasteiger partial charge on any atom is 0.130 e. The van der Waals surface area contributed by atoms with E-state index in [0.717, 1.165) is 60.3 Å². The van der Waals surface area contributed by atoms with Gasteiger partial charge in [0.15, 0.2) is 0 Å². The minimum atomic E-state index is 0.720. The fourth-order valence-electron chi connectivity index (χ4n) is 3.66. The van der Waals surface area contributed by atoms with Gasteiger partial charge in [0.25, 0.3) is 0 Å². The highest BCUT2D eigenvalue weighted by Gasteiger charge is 2.33. The molecule has 1 N–H and O–H groups in total. The number of piperidine rings is 1. The van der Waals surface area contributed by atoms with Gasteiger partial charge in [-0.2, -0.15) is 5.26 Å². The first kappa shape index (κ1) is 12.6. The number of hydrogen-bond acceptors (Lipinski definition) is 4. The second-order valence-corrected chi connectivity index (χ2v) is 6.07. The molecule has 2 unspecified atom stereocenters. The molecule has 2 fully saturated rings. The number of pyridine rings is 1. The lowest BCUT2D eigenvalue weighted by molar-refractivity contribution is 0.348. The maximum absolute atomic E-state index is 9.40. The standard InChI is InChI=1S/C17H18N4/c18-8-13-7-17(20-16-4-2-1-3-15(13)16)21-6-5-12-9-19-10-14(12)11-21/h1-4,7,12,14,19H,5-6,9-11H2. The van der Waals surface area contributed by atoms with Crippen LogP contribution in [-0.2, 0) is 0 Å². The Balaban J connectivity index is 1.72. The molecule has 0 saturated carbocycles. The zero-order valence-corrected chi connectivity index (χ0v) is 11.9. The number of hydrogen-bond donors (Lipinski definition) is 1. The molecule has 2 aliphatic rings. The van der Waals surface area contributed by atoms with Crippen LogP contribution in [0.25, 0.3) is 10.9 Å². The Kier molecular flexibility index (Phi) is 3.01. The van der Waals surface area contributed by atoms with Gasteiger partial charge >= 0.3 is 0 Å². The van der Waals surface area contributed by atoms with Crippen molar-refractivity contribution in [3.8, 4) is 6.07 Å². The predicted octanol–water partition coefficient (Wildman–Crippen LogP) is 2.15. The van der Waals surface area contributed by atoms with Crippen molar-refractivity contribution >= 4 is 16.7 Å². The quantitative estimate of drug-likeness (QED) is 0.868. The van der Waals surface area contributed by atoms with Crippen LogP contribution in [0.1, 0.15) is 12.0 Å². The van der Waals surface area contributed by atoms with E-state index in [-0.39, 0.29) is 0 Å². The Morgan fingerprint density at radius 2 is 2.10 bits per heavy atom. The van der Waals surface area contributed by atoms with Gasteiger partial charge in [0.1, 0.15) is 5.82 Å². The van der Waals surface area contributed by atoms with Gasteiger partial charge in [-0.15, -0.1) is 0 Å². The van der Waals surface area contributed by atoms with E-state index in [4.69, 9.17) is 4.98 Å². The van der Waals surface area contributed by atoms with E-state index < -0.39 is 0 Å². The minimum absolute atomic E-state index is 0.720. The predicted molar refractivity (Wildman–Crippen MR) is 83.1 cm³/mol. The Morgan fingerprint density at radius 3 is 3.00 bits per heavy atom. The normalized spacial score (nSPS) is 24.8. The summed E-state index contributed by atoms with van der Waals surface area (Å²) in [5.74, 6) is 2.49. The molecular weight excluding hydrogens is 260 g/mol. The van der Waals surface area contributed by atoms with Crippen LogP contribution in [-0.4, -0.2) is 31.2 Å². The van der Waals surface area contributed by atoms with Crippen molar-refractivity contribution in [2.24, 2.45) is 11.8 Å². The minimum Gasteiger partial charge on any atom is -0.356 e. The molecule has 0 spiro atoms. The summed E-state index contributed by atoms with van der Waals surface area (Å²) in [6.07, 6.45) is 1.22. The Hall–Kier alpha value is -2.12. The summed E-state index contributed by atoms with van der Waals surface area (Å²) in [5.41, 5.74) is 1.64. The molecule has 21 heavy (non-hydrogen) atoms. The summed E-state index contributed by atoms with van der Waals surface area (Å²) >= 11 is 0. The van der Waals surface area contributed by atoms with E-state index in [1.165, 1.54) is 6.42 Å². The van der Waals surface area contributed by atoms with Gasteiger partial charge in [-0.25, -0.2) is 4.98 Å². The van der Waals surface area contributed by atoms with Crippen LogP contribution >= 0.6 is 0 Å². The van der Waals surface area contributed by atoms with Gasteiger partial charge in [-0.05, 0) is 43.5 Å². The van der Waals surface area contributed by atoms with Gasteiger partial charge < -0.3 is 10.2 Å². The number of nitrogens with one attached hydrogen (secondary N) is 1. The van der Waals surface area contributed by atoms with Gasteiger partial charge in [0, 0.05) is 18.5 Å². The Labute approximate surface area is 124 Å². The molecule has 2 saturated heterocycles. The molecule has 106 valence electrons. The first-order valence-corrected chi connectivity index (χ1v) is 7.61. The fourth-order valence-corrected chi connectivity index (χ4v) is 3.66. The molecule has 4 nitrogen and oxygen atoms in total. The zero-order chi connectivity index (χ0) is 14.2. The van der Waals surface area contributed by atoms with Crippen molar-refractivity contribution in [3.63, 3.8) is 0 Å². The van der Waals surface area contributed by atoms with E-state index in [0.29, 0.717) is 0 Å². The van der Waals surface area contributed by atoms with Gasteiger partial charge in [0.05, 0.1) is 17.1 Å². The third-order valence-corrected chi connectivity index (χ3v) is 4.85. The third kappa shape index (κ3) is 2.14. The molecule has 3 heterocycles. The van der Waals surface area contributed by atoms with Gasteiger partial charge in [-0.3, -0.25) is 0 Å². The SMILES string of the molecule is N#Cc1cc(N2CCC3CNCC3C2)nc2ccccc12. The first-order valence-electron chi connectivity index (χ1n) is 7.61. The average Bonchev–Trinajstić information content (AvgIpc) is 3.01. The summed E-state index contributed by atoms with van der Waals surface area (Å²) in [7, 11) is 0. The number of nitrogens with zero attached hydrogens (tertiary/aromatic N) is 3. The van der Waals surface area contributed by atoms with E-state index in [9.17, 15) is 5.26 Å². The highest BCUT2D eigenvalue weighted by molar-refractivity contribution is 5.86.